The fourth-order valence-corrected chi connectivity index (χ4v) is 3.84. The Morgan fingerprint density at radius 3 is 2.71 bits per heavy atom. The molecular weight excluding hydrogens is 394 g/mol. The predicted molar refractivity (Wildman–Crippen MR) is 112 cm³/mol. The first-order valence-electron chi connectivity index (χ1n) is 9.12. The summed E-state index contributed by atoms with van der Waals surface area (Å²) in [6.45, 7) is 4.57. The summed E-state index contributed by atoms with van der Waals surface area (Å²) in [6.07, 6.45) is 0.957. The number of amides is 1. The van der Waals surface area contributed by atoms with Gasteiger partial charge in [-0.2, -0.15) is 4.68 Å². The smallest absolute Gasteiger partial charge is 0.233 e. The normalized spacial score (nSPS) is 13.1. The molecule has 2 aromatic carbocycles. The van der Waals surface area contributed by atoms with Crippen LogP contribution in [0.4, 0.5) is 0 Å². The van der Waals surface area contributed by atoms with Crippen molar-refractivity contribution < 1.29 is 4.79 Å². The van der Waals surface area contributed by atoms with Crippen LogP contribution in [0.3, 0.4) is 0 Å². The first-order valence-corrected chi connectivity index (χ1v) is 10.4. The van der Waals surface area contributed by atoms with Crippen LogP contribution in [0, 0.1) is 0 Å². The minimum atomic E-state index is -0.336. The maximum absolute atomic E-state index is 12.6. The number of tetrazole rings is 1. The molecule has 1 heterocycles. The van der Waals surface area contributed by atoms with Crippen molar-refractivity contribution in [3.05, 3.63) is 65.2 Å². The SMILES string of the molecule is CC[C@H](CNC(=O)[C@H](C)Sc1nnnn1-c1cccc(Cl)c1)c1ccccc1. The minimum absolute atomic E-state index is 0.0416. The minimum Gasteiger partial charge on any atom is -0.355 e. The molecule has 28 heavy (non-hydrogen) atoms. The molecule has 0 saturated carbocycles. The summed E-state index contributed by atoms with van der Waals surface area (Å²) < 4.78 is 1.58. The molecule has 6 nitrogen and oxygen atoms in total. The molecule has 1 aromatic heterocycles. The van der Waals surface area contributed by atoms with Crippen LogP contribution < -0.4 is 5.32 Å². The van der Waals surface area contributed by atoms with Crippen LogP contribution in [-0.4, -0.2) is 37.9 Å². The number of carbonyl (C=O) groups is 1. The topological polar surface area (TPSA) is 72.7 Å². The lowest BCUT2D eigenvalue weighted by Gasteiger charge is -2.18. The third-order valence-electron chi connectivity index (χ3n) is 4.43. The number of nitrogens with zero attached hydrogens (tertiary/aromatic N) is 4. The molecule has 1 N–H and O–H groups in total. The van der Waals surface area contributed by atoms with E-state index in [1.54, 1.807) is 16.8 Å². The molecular formula is C20H22ClN5OS. The van der Waals surface area contributed by atoms with Crippen molar-refractivity contribution in [1.29, 1.82) is 0 Å². The standard InChI is InChI=1S/C20H22ClN5OS/c1-3-15(16-8-5-4-6-9-16)13-22-19(27)14(2)28-20-23-24-25-26(20)18-11-7-10-17(21)12-18/h4-12,14-15H,3,13H2,1-2H3,(H,22,27)/t14-,15+/m0/s1. The maximum Gasteiger partial charge on any atom is 0.233 e. The summed E-state index contributed by atoms with van der Waals surface area (Å²) in [5.74, 6) is 0.249. The average Bonchev–Trinajstić information content (AvgIpc) is 3.17. The van der Waals surface area contributed by atoms with E-state index in [1.165, 1.54) is 17.3 Å². The Labute approximate surface area is 173 Å². The van der Waals surface area contributed by atoms with Crippen LogP contribution in [0.15, 0.2) is 59.8 Å². The first kappa shape index (κ1) is 20.4. The number of hydrogen-bond acceptors (Lipinski definition) is 5. The van der Waals surface area contributed by atoms with Crippen molar-refractivity contribution in [3.63, 3.8) is 0 Å². The van der Waals surface area contributed by atoms with Crippen LogP contribution in [0.25, 0.3) is 5.69 Å². The fraction of sp³-hybridized carbons (Fsp3) is 0.300. The van der Waals surface area contributed by atoms with E-state index < -0.39 is 0 Å². The predicted octanol–water partition coefficient (Wildman–Crippen LogP) is 4.11. The number of rotatable bonds is 8. The van der Waals surface area contributed by atoms with Gasteiger partial charge in [-0.1, -0.05) is 66.7 Å². The molecule has 3 rings (SSSR count). The van der Waals surface area contributed by atoms with Crippen molar-refractivity contribution in [2.75, 3.05) is 6.54 Å². The number of aromatic nitrogens is 4. The summed E-state index contributed by atoms with van der Waals surface area (Å²) in [7, 11) is 0. The van der Waals surface area contributed by atoms with E-state index in [2.05, 4.69) is 39.9 Å². The molecule has 0 radical (unpaired) electrons. The second-order valence-electron chi connectivity index (χ2n) is 6.37. The third kappa shape index (κ3) is 5.11. The van der Waals surface area contributed by atoms with Gasteiger partial charge in [0.2, 0.25) is 11.1 Å². The highest BCUT2D eigenvalue weighted by Crippen LogP contribution is 2.24. The van der Waals surface area contributed by atoms with E-state index in [4.69, 9.17) is 11.6 Å². The Kier molecular flexibility index (Phi) is 7.06. The van der Waals surface area contributed by atoms with Crippen LogP contribution in [0.5, 0.6) is 0 Å². The molecule has 0 aliphatic heterocycles. The number of halogens is 1. The highest BCUT2D eigenvalue weighted by atomic mass is 35.5. The Bertz CT molecular complexity index is 918. The Morgan fingerprint density at radius 2 is 2.00 bits per heavy atom. The Hall–Kier alpha value is -2.38. The lowest BCUT2D eigenvalue weighted by atomic mass is 9.96. The van der Waals surface area contributed by atoms with Gasteiger partial charge in [0.25, 0.3) is 0 Å². The molecule has 0 unspecified atom stereocenters. The molecule has 146 valence electrons. The molecule has 0 bridgehead atoms. The number of thioether (sulfide) groups is 1. The second-order valence-corrected chi connectivity index (χ2v) is 8.12. The molecule has 0 spiro atoms. The van der Waals surface area contributed by atoms with E-state index in [9.17, 15) is 4.79 Å². The molecule has 0 saturated heterocycles. The largest absolute Gasteiger partial charge is 0.355 e. The highest BCUT2D eigenvalue weighted by molar-refractivity contribution is 8.00. The summed E-state index contributed by atoms with van der Waals surface area (Å²) in [5.41, 5.74) is 1.98. The molecule has 2 atom stereocenters. The lowest BCUT2D eigenvalue weighted by molar-refractivity contribution is -0.120. The quantitative estimate of drug-likeness (QED) is 0.560. The zero-order chi connectivity index (χ0) is 19.9. The van der Waals surface area contributed by atoms with E-state index in [0.717, 1.165) is 12.1 Å². The zero-order valence-electron chi connectivity index (χ0n) is 15.7. The van der Waals surface area contributed by atoms with Gasteiger partial charge in [-0.3, -0.25) is 4.79 Å². The van der Waals surface area contributed by atoms with E-state index in [0.29, 0.717) is 22.6 Å². The monoisotopic (exact) mass is 415 g/mol. The molecule has 8 heteroatoms. The molecule has 0 fully saturated rings. The molecule has 3 aromatic rings. The van der Waals surface area contributed by atoms with Crippen LogP contribution in [-0.2, 0) is 4.79 Å². The second kappa shape index (κ2) is 9.71. The van der Waals surface area contributed by atoms with Crippen molar-refractivity contribution in [3.8, 4) is 5.69 Å². The Balaban J connectivity index is 1.61. The van der Waals surface area contributed by atoms with Gasteiger partial charge in [0, 0.05) is 17.5 Å². The van der Waals surface area contributed by atoms with Crippen molar-refractivity contribution in [1.82, 2.24) is 25.5 Å². The summed E-state index contributed by atoms with van der Waals surface area (Å²) in [6, 6.07) is 17.5. The van der Waals surface area contributed by atoms with E-state index in [-0.39, 0.29) is 11.2 Å². The number of benzene rings is 2. The number of carbonyl (C=O) groups excluding carboxylic acids is 1. The molecule has 0 aliphatic rings. The fourth-order valence-electron chi connectivity index (χ4n) is 2.82. The van der Waals surface area contributed by atoms with Gasteiger partial charge in [-0.05, 0) is 47.5 Å². The third-order valence-corrected chi connectivity index (χ3v) is 5.70. The van der Waals surface area contributed by atoms with Gasteiger partial charge in [0.15, 0.2) is 0 Å². The van der Waals surface area contributed by atoms with Crippen LogP contribution in [0.2, 0.25) is 5.02 Å². The van der Waals surface area contributed by atoms with Crippen molar-refractivity contribution in [2.45, 2.75) is 36.6 Å². The van der Waals surface area contributed by atoms with Crippen molar-refractivity contribution in [2.24, 2.45) is 0 Å². The van der Waals surface area contributed by atoms with E-state index >= 15 is 0 Å². The highest BCUT2D eigenvalue weighted by Gasteiger charge is 2.20. The maximum atomic E-state index is 12.6. The van der Waals surface area contributed by atoms with Gasteiger partial charge in [-0.25, -0.2) is 0 Å². The van der Waals surface area contributed by atoms with Gasteiger partial charge >= 0.3 is 0 Å². The van der Waals surface area contributed by atoms with Crippen molar-refractivity contribution >= 4 is 29.3 Å². The van der Waals surface area contributed by atoms with E-state index in [1.807, 2.05) is 37.3 Å². The van der Waals surface area contributed by atoms with Crippen LogP contribution in [0.1, 0.15) is 31.7 Å². The van der Waals surface area contributed by atoms with Crippen LogP contribution >= 0.6 is 23.4 Å². The average molecular weight is 416 g/mol. The number of nitrogens with one attached hydrogen (secondary N) is 1. The van der Waals surface area contributed by atoms with Gasteiger partial charge in [-0.15, -0.1) is 5.10 Å². The summed E-state index contributed by atoms with van der Waals surface area (Å²) in [5, 5.41) is 15.6. The zero-order valence-corrected chi connectivity index (χ0v) is 17.3. The summed E-state index contributed by atoms with van der Waals surface area (Å²) >= 11 is 7.37. The number of hydrogen-bond donors (Lipinski definition) is 1. The van der Waals surface area contributed by atoms with Gasteiger partial charge in [0.05, 0.1) is 10.9 Å². The lowest BCUT2D eigenvalue weighted by Crippen LogP contribution is -2.34. The van der Waals surface area contributed by atoms with Gasteiger partial charge in [0.1, 0.15) is 0 Å². The van der Waals surface area contributed by atoms with Gasteiger partial charge < -0.3 is 5.32 Å². The summed E-state index contributed by atoms with van der Waals surface area (Å²) in [4.78, 5) is 12.6. The Morgan fingerprint density at radius 1 is 1.21 bits per heavy atom. The first-order chi connectivity index (χ1) is 13.6. The molecule has 1 amide bonds. The molecule has 0 aliphatic carbocycles.